The third-order valence-electron chi connectivity index (χ3n) is 2.22. The van der Waals surface area contributed by atoms with Gasteiger partial charge in [-0.15, -0.1) is 0 Å². The third-order valence-corrected chi connectivity index (χ3v) is 12.3. The summed E-state index contributed by atoms with van der Waals surface area (Å²) in [6.45, 7) is 15.7. The van der Waals surface area contributed by atoms with Gasteiger partial charge in [-0.2, -0.15) is 12.8 Å². The quantitative estimate of drug-likeness (QED) is 0.392. The Morgan fingerprint density at radius 1 is 0.792 bits per heavy atom. The first-order valence-corrected chi connectivity index (χ1v) is 14.3. The van der Waals surface area contributed by atoms with Gasteiger partial charge in [0.1, 0.15) is 0 Å². The van der Waals surface area contributed by atoms with Crippen LogP contribution in [-0.2, 0) is 86.6 Å². The first-order valence-electron chi connectivity index (χ1n) is 7.57. The molecule has 0 aliphatic carbocycles. The van der Waals surface area contributed by atoms with Crippen molar-refractivity contribution in [3.8, 4) is 0 Å². The average Bonchev–Trinajstić information content (AvgIpc) is 2.51. The third kappa shape index (κ3) is 22.9. The molecule has 1 aliphatic heterocycles. The zero-order valence-electron chi connectivity index (χ0n) is 16.1. The van der Waals surface area contributed by atoms with Crippen molar-refractivity contribution in [1.29, 1.82) is 0 Å². The molecule has 0 saturated carbocycles. The van der Waals surface area contributed by atoms with Gasteiger partial charge in [-0.25, -0.2) is 0 Å². The molecular formula is C13H32O5Si4Y2-2. The summed E-state index contributed by atoms with van der Waals surface area (Å²) in [5, 5.41) is 0. The van der Waals surface area contributed by atoms with Crippen LogP contribution in [0.5, 0.6) is 0 Å². The van der Waals surface area contributed by atoms with Gasteiger partial charge in [0.25, 0.3) is 0 Å². The van der Waals surface area contributed by atoms with Crippen LogP contribution >= 0.6 is 0 Å². The number of hydrogen-bond acceptors (Lipinski definition) is 5. The summed E-state index contributed by atoms with van der Waals surface area (Å²) in [4.78, 5) is 0. The maximum absolute atomic E-state index is 5.69. The molecule has 0 atom stereocenters. The standard InChI is InChI=1S/C5H14O5Si4.2C4H9.2Y/c1-6-13-8-11(3)5-12(4)9-14(7-2)10-13;2*1-3-4-2;;/h5H2,1-4H3;2*1,3-4H2,2H3;;/q;2*-1;;. The molecule has 24 heavy (non-hydrogen) atoms. The maximum Gasteiger partial charge on any atom is 0.558 e. The zero-order valence-corrected chi connectivity index (χ0v) is 25.8. The molecule has 1 saturated heterocycles. The van der Waals surface area contributed by atoms with Gasteiger partial charge in [-0.3, -0.25) is 0 Å². The fourth-order valence-electron chi connectivity index (χ4n) is 0.984. The molecule has 11 heteroatoms. The van der Waals surface area contributed by atoms with E-state index < -0.39 is 37.1 Å². The smallest absolute Gasteiger partial charge is 0.413 e. The second kappa shape index (κ2) is 25.9. The van der Waals surface area contributed by atoms with E-state index in [9.17, 15) is 0 Å². The van der Waals surface area contributed by atoms with E-state index in [1.807, 2.05) is 0 Å². The van der Waals surface area contributed by atoms with Crippen LogP contribution in [0.2, 0.25) is 18.8 Å². The number of rotatable bonds is 4. The van der Waals surface area contributed by atoms with E-state index in [1.165, 1.54) is 12.8 Å². The van der Waals surface area contributed by atoms with Crippen molar-refractivity contribution in [1.82, 2.24) is 0 Å². The van der Waals surface area contributed by atoms with Crippen molar-refractivity contribution >= 4 is 37.1 Å². The molecule has 0 aromatic rings. The van der Waals surface area contributed by atoms with Crippen LogP contribution in [0.15, 0.2) is 0 Å². The zero-order chi connectivity index (χ0) is 17.4. The Hall–Kier alpha value is 2.88. The van der Waals surface area contributed by atoms with Gasteiger partial charge in [-0.1, -0.05) is 26.7 Å². The Bertz CT molecular complexity index is 213. The maximum atomic E-state index is 5.69. The van der Waals surface area contributed by atoms with Crippen molar-refractivity contribution in [3.05, 3.63) is 13.8 Å². The Morgan fingerprint density at radius 2 is 1.08 bits per heavy atom. The Balaban J connectivity index is -0.000000170. The van der Waals surface area contributed by atoms with Crippen LogP contribution in [0, 0.1) is 13.8 Å². The average molecular weight is 559 g/mol. The SMILES string of the molecule is CO[Si]1O[Si](C)C[Si](C)O[Si](OC)O1.[CH2-]CCC.[CH2-]CCC.[Y].[Y]. The molecule has 0 aromatic carbocycles. The summed E-state index contributed by atoms with van der Waals surface area (Å²) >= 11 is 0. The Labute approximate surface area is 207 Å². The van der Waals surface area contributed by atoms with Crippen molar-refractivity contribution in [2.24, 2.45) is 0 Å². The molecule has 1 aliphatic rings. The molecule has 0 unspecified atom stereocenters. The molecule has 6 radical (unpaired) electrons. The van der Waals surface area contributed by atoms with Gasteiger partial charge < -0.3 is 35.0 Å². The van der Waals surface area contributed by atoms with Crippen molar-refractivity contribution < 1.29 is 86.6 Å². The van der Waals surface area contributed by atoms with Gasteiger partial charge >= 0.3 is 19.1 Å². The molecule has 5 nitrogen and oxygen atoms in total. The molecule has 0 aromatic heterocycles. The number of unbranched alkanes of at least 4 members (excludes halogenated alkanes) is 2. The van der Waals surface area contributed by atoms with Crippen LogP contribution in [0.1, 0.15) is 39.5 Å². The summed E-state index contributed by atoms with van der Waals surface area (Å²) in [5.74, 6) is 0. The number of hydrogen-bond donors (Lipinski definition) is 0. The van der Waals surface area contributed by atoms with E-state index in [0.29, 0.717) is 0 Å². The van der Waals surface area contributed by atoms with Gasteiger partial charge in [0, 0.05) is 79.6 Å². The Kier molecular flexibility index (Phi) is 37.1. The molecule has 0 amide bonds. The predicted octanol–water partition coefficient (Wildman–Crippen LogP) is 3.33. The van der Waals surface area contributed by atoms with Gasteiger partial charge in [0.2, 0.25) is 0 Å². The normalized spacial score (nSPS) is 17.0. The van der Waals surface area contributed by atoms with Crippen LogP contribution in [0.25, 0.3) is 0 Å². The van der Waals surface area contributed by atoms with Crippen molar-refractivity contribution in [2.75, 3.05) is 14.2 Å². The predicted molar refractivity (Wildman–Crippen MR) is 97.4 cm³/mol. The van der Waals surface area contributed by atoms with Crippen molar-refractivity contribution in [3.63, 3.8) is 0 Å². The van der Waals surface area contributed by atoms with Crippen LogP contribution in [0.3, 0.4) is 0 Å². The van der Waals surface area contributed by atoms with E-state index in [1.54, 1.807) is 14.2 Å². The molecule has 138 valence electrons. The Morgan fingerprint density at radius 3 is 1.29 bits per heavy atom. The summed E-state index contributed by atoms with van der Waals surface area (Å²) in [6, 6.07) is 0. The molecule has 1 heterocycles. The second-order valence-electron chi connectivity index (χ2n) is 4.50. The molecule has 1 rings (SSSR count). The van der Waals surface area contributed by atoms with Crippen LogP contribution < -0.4 is 0 Å². The minimum atomic E-state index is -1.62. The molecule has 0 bridgehead atoms. The van der Waals surface area contributed by atoms with E-state index >= 15 is 0 Å². The van der Waals surface area contributed by atoms with Gasteiger partial charge in [0.15, 0.2) is 18.1 Å². The molecule has 0 N–H and O–H groups in total. The van der Waals surface area contributed by atoms with E-state index in [2.05, 4.69) is 40.8 Å². The summed E-state index contributed by atoms with van der Waals surface area (Å²) in [6.07, 6.45) is 4.56. The van der Waals surface area contributed by atoms with Crippen molar-refractivity contribution in [2.45, 2.75) is 58.3 Å². The first-order chi connectivity index (χ1) is 10.5. The topological polar surface area (TPSA) is 46.2 Å². The molecule has 0 spiro atoms. The van der Waals surface area contributed by atoms with Crippen LogP contribution in [-0.4, -0.2) is 51.4 Å². The molecular weight excluding hydrogens is 526 g/mol. The van der Waals surface area contributed by atoms with Gasteiger partial charge in [-0.05, 0) is 18.8 Å². The fourth-order valence-corrected chi connectivity index (χ4v) is 10.9. The van der Waals surface area contributed by atoms with Crippen LogP contribution in [0.4, 0.5) is 0 Å². The minimum Gasteiger partial charge on any atom is -0.413 e. The summed E-state index contributed by atoms with van der Waals surface area (Å²) in [7, 11) is -1.68. The fraction of sp³-hybridized carbons (Fsp3) is 0.846. The summed E-state index contributed by atoms with van der Waals surface area (Å²) in [5.41, 5.74) is 1.04. The monoisotopic (exact) mass is 558 g/mol. The first kappa shape index (κ1) is 34.4. The van der Waals surface area contributed by atoms with E-state index in [0.717, 1.165) is 18.5 Å². The second-order valence-corrected chi connectivity index (χ2v) is 13.0. The minimum absolute atomic E-state index is 0. The largest absolute Gasteiger partial charge is 0.558 e. The van der Waals surface area contributed by atoms with E-state index in [-0.39, 0.29) is 65.4 Å². The van der Waals surface area contributed by atoms with E-state index in [4.69, 9.17) is 21.2 Å². The van der Waals surface area contributed by atoms with Gasteiger partial charge in [0.05, 0.1) is 0 Å². The molecule has 1 fully saturated rings. The summed E-state index contributed by atoms with van der Waals surface area (Å²) < 4.78 is 27.1.